The summed E-state index contributed by atoms with van der Waals surface area (Å²) in [6.07, 6.45) is 4.30. The van der Waals surface area contributed by atoms with Crippen molar-refractivity contribution >= 4 is 26.9 Å². The third-order valence-electron chi connectivity index (χ3n) is 4.69. The molecule has 148 valence electrons. The maximum Gasteiger partial charge on any atom is 0.286 e. The Hall–Kier alpha value is -2.79. The second-order valence-corrected chi connectivity index (χ2v) is 8.46. The lowest BCUT2D eigenvalue weighted by atomic mass is 10.1. The van der Waals surface area contributed by atoms with Gasteiger partial charge in [0, 0.05) is 5.39 Å². The van der Waals surface area contributed by atoms with Crippen molar-refractivity contribution in [3.05, 3.63) is 41.9 Å². The van der Waals surface area contributed by atoms with E-state index in [0.717, 1.165) is 32.4 Å². The highest BCUT2D eigenvalue weighted by molar-refractivity contribution is 7.89. The average Bonchev–Trinajstić information content (AvgIpc) is 3.22. The fourth-order valence-corrected chi connectivity index (χ4v) is 4.30. The quantitative estimate of drug-likeness (QED) is 0.643. The van der Waals surface area contributed by atoms with Gasteiger partial charge in [-0.1, -0.05) is 22.5 Å². The maximum atomic E-state index is 12.4. The van der Waals surface area contributed by atoms with Crippen LogP contribution >= 0.6 is 0 Å². The first kappa shape index (κ1) is 18.6. The Morgan fingerprint density at radius 2 is 2.14 bits per heavy atom. The molecule has 1 aliphatic rings. The monoisotopic (exact) mass is 404 g/mol. The number of nitrogens with one attached hydrogen (secondary N) is 2. The summed E-state index contributed by atoms with van der Waals surface area (Å²) in [4.78, 5) is 12.4. The summed E-state index contributed by atoms with van der Waals surface area (Å²) in [6, 6.07) is 7.07. The van der Waals surface area contributed by atoms with Crippen molar-refractivity contribution in [2.24, 2.45) is 0 Å². The van der Waals surface area contributed by atoms with E-state index in [0.29, 0.717) is 11.0 Å². The normalized spacial score (nSPS) is 18.1. The largest absolute Gasteiger partial charge is 0.356 e. The first-order valence-electron chi connectivity index (χ1n) is 9.02. The maximum absolute atomic E-state index is 12.4. The third-order valence-corrected chi connectivity index (χ3v) is 5.84. The van der Waals surface area contributed by atoms with E-state index in [1.165, 1.54) is 6.20 Å². The van der Waals surface area contributed by atoms with Crippen LogP contribution in [0.1, 0.15) is 41.5 Å². The van der Waals surface area contributed by atoms with E-state index >= 15 is 0 Å². The van der Waals surface area contributed by atoms with Crippen molar-refractivity contribution in [2.75, 3.05) is 13.1 Å². The molecule has 3 heterocycles. The summed E-state index contributed by atoms with van der Waals surface area (Å²) >= 11 is 0. The number of hydrogen-bond donors (Lipinski definition) is 2. The minimum Gasteiger partial charge on any atom is -0.356 e. The summed E-state index contributed by atoms with van der Waals surface area (Å²) < 4.78 is 33.6. The number of sulfonamides is 1. The Labute approximate surface area is 161 Å². The lowest BCUT2D eigenvalue weighted by Gasteiger charge is -2.12. The van der Waals surface area contributed by atoms with Crippen LogP contribution in [0.3, 0.4) is 0 Å². The predicted molar refractivity (Wildman–Crippen MR) is 99.9 cm³/mol. The molecule has 4 rings (SSSR count). The van der Waals surface area contributed by atoms with E-state index in [9.17, 15) is 13.2 Å². The van der Waals surface area contributed by atoms with Gasteiger partial charge in [0.1, 0.15) is 11.4 Å². The summed E-state index contributed by atoms with van der Waals surface area (Å²) in [5, 5.41) is 15.5. The Bertz CT molecular complexity index is 1080. The molecule has 1 aliphatic heterocycles. The summed E-state index contributed by atoms with van der Waals surface area (Å²) in [5.74, 6) is -1.29. The molecule has 2 N–H and O–H groups in total. The Morgan fingerprint density at radius 3 is 3.04 bits per heavy atom. The van der Waals surface area contributed by atoms with Gasteiger partial charge in [0.15, 0.2) is 11.3 Å². The molecule has 1 aromatic carbocycles. The molecule has 0 spiro atoms. The van der Waals surface area contributed by atoms with Crippen LogP contribution in [0.4, 0.5) is 0 Å². The van der Waals surface area contributed by atoms with Crippen molar-refractivity contribution in [3.63, 3.8) is 0 Å². The molecule has 2 aromatic heterocycles. The molecule has 1 saturated heterocycles. The molecule has 0 bridgehead atoms. The number of nitrogens with zero attached hydrogens (tertiary/aromatic N) is 4. The highest BCUT2D eigenvalue weighted by atomic mass is 32.2. The Balaban J connectivity index is 1.45. The van der Waals surface area contributed by atoms with Gasteiger partial charge in [-0.05, 0) is 44.5 Å². The molecule has 1 unspecified atom stereocenters. The molecule has 1 atom stereocenters. The topological polar surface area (TPSA) is 132 Å². The fourth-order valence-electron chi connectivity index (χ4n) is 3.28. The number of para-hydroxylation sites is 1. The second kappa shape index (κ2) is 7.68. The number of benzene rings is 1. The highest BCUT2D eigenvalue weighted by Crippen LogP contribution is 2.20. The lowest BCUT2D eigenvalue weighted by molar-refractivity contribution is 0.0976. The first-order chi connectivity index (χ1) is 13.5. The van der Waals surface area contributed by atoms with E-state index < -0.39 is 21.7 Å². The van der Waals surface area contributed by atoms with Crippen LogP contribution in [0.2, 0.25) is 0 Å². The summed E-state index contributed by atoms with van der Waals surface area (Å²) in [6.45, 7) is 1.82. The fraction of sp³-hybridized carbons (Fsp3) is 0.412. The lowest BCUT2D eigenvalue weighted by Crippen LogP contribution is -2.32. The predicted octanol–water partition coefficient (Wildman–Crippen LogP) is 0.994. The van der Waals surface area contributed by atoms with Crippen LogP contribution in [-0.4, -0.2) is 47.6 Å². The molecular weight excluding hydrogens is 384 g/mol. The van der Waals surface area contributed by atoms with Crippen LogP contribution in [0.5, 0.6) is 0 Å². The zero-order valence-corrected chi connectivity index (χ0v) is 15.9. The van der Waals surface area contributed by atoms with Gasteiger partial charge >= 0.3 is 0 Å². The van der Waals surface area contributed by atoms with Crippen LogP contribution in [-0.2, 0) is 15.8 Å². The standard InChI is InChI=1S/C17H20N6O4S/c24-17(14-10-23(22-19-14)12-4-3-8-18-9-7-12)21-28(25,26)11-15-13-5-1-2-6-16(13)27-20-15/h1-2,5-6,10,12,18H,3-4,7-9,11H2,(H,21,24). The molecule has 11 heteroatoms. The van der Waals surface area contributed by atoms with Crippen LogP contribution < -0.4 is 10.0 Å². The van der Waals surface area contributed by atoms with Gasteiger partial charge < -0.3 is 9.84 Å². The summed E-state index contributed by atoms with van der Waals surface area (Å²) in [7, 11) is -3.97. The van der Waals surface area contributed by atoms with Crippen molar-refractivity contribution in [2.45, 2.75) is 31.1 Å². The Morgan fingerprint density at radius 1 is 1.29 bits per heavy atom. The molecule has 0 saturated carbocycles. The highest BCUT2D eigenvalue weighted by Gasteiger charge is 2.23. The van der Waals surface area contributed by atoms with Gasteiger partial charge in [-0.25, -0.2) is 17.8 Å². The van der Waals surface area contributed by atoms with Crippen molar-refractivity contribution in [3.8, 4) is 0 Å². The van der Waals surface area contributed by atoms with E-state index in [1.54, 1.807) is 28.9 Å². The smallest absolute Gasteiger partial charge is 0.286 e. The van der Waals surface area contributed by atoms with Crippen molar-refractivity contribution in [1.29, 1.82) is 0 Å². The first-order valence-corrected chi connectivity index (χ1v) is 10.7. The van der Waals surface area contributed by atoms with E-state index in [4.69, 9.17) is 4.52 Å². The minimum absolute atomic E-state index is 0.0363. The van der Waals surface area contributed by atoms with Gasteiger partial charge in [0.2, 0.25) is 10.0 Å². The van der Waals surface area contributed by atoms with Gasteiger partial charge in [-0.3, -0.25) is 4.79 Å². The number of carbonyl (C=O) groups excluding carboxylic acids is 1. The van der Waals surface area contributed by atoms with Crippen LogP contribution in [0.25, 0.3) is 11.0 Å². The minimum atomic E-state index is -3.97. The molecule has 3 aromatic rings. The average molecular weight is 404 g/mol. The molecule has 10 nitrogen and oxygen atoms in total. The molecule has 1 amide bonds. The van der Waals surface area contributed by atoms with Gasteiger partial charge in [0.05, 0.1) is 12.2 Å². The molecule has 0 aliphatic carbocycles. The van der Waals surface area contributed by atoms with Crippen molar-refractivity contribution < 1.29 is 17.7 Å². The van der Waals surface area contributed by atoms with Crippen molar-refractivity contribution in [1.82, 2.24) is 30.2 Å². The van der Waals surface area contributed by atoms with Crippen LogP contribution in [0, 0.1) is 0 Å². The Kier molecular flexibility index (Phi) is 5.09. The van der Waals surface area contributed by atoms with E-state index in [2.05, 4.69) is 20.8 Å². The number of amides is 1. The molecule has 0 radical (unpaired) electrons. The number of carbonyl (C=O) groups is 1. The van der Waals surface area contributed by atoms with Gasteiger partial charge in [0.25, 0.3) is 5.91 Å². The third kappa shape index (κ3) is 4.04. The summed E-state index contributed by atoms with van der Waals surface area (Å²) in [5.41, 5.74) is 0.691. The number of aromatic nitrogens is 4. The zero-order chi connectivity index (χ0) is 19.6. The molecule has 1 fully saturated rings. The van der Waals surface area contributed by atoms with Crippen LogP contribution in [0.15, 0.2) is 35.0 Å². The molecular formula is C17H20N6O4S. The SMILES string of the molecule is O=C(NS(=O)(=O)Cc1noc2ccccc12)c1cn(C2CCCNCC2)nn1. The van der Waals surface area contributed by atoms with Gasteiger partial charge in [-0.15, -0.1) is 5.10 Å². The number of hydrogen-bond acceptors (Lipinski definition) is 8. The zero-order valence-electron chi connectivity index (χ0n) is 15.0. The van der Waals surface area contributed by atoms with E-state index in [-0.39, 0.29) is 17.4 Å². The number of fused-ring (bicyclic) bond motifs is 1. The van der Waals surface area contributed by atoms with E-state index in [1.807, 2.05) is 4.72 Å². The van der Waals surface area contributed by atoms with Gasteiger partial charge in [-0.2, -0.15) is 0 Å². The molecule has 28 heavy (non-hydrogen) atoms. The number of rotatable bonds is 5. The second-order valence-electron chi connectivity index (χ2n) is 6.73.